The number of para-hydroxylation sites is 1. The molecule has 342 valence electrons. The topological polar surface area (TPSA) is 191 Å². The van der Waals surface area contributed by atoms with Crippen molar-refractivity contribution in [2.45, 2.75) is 139 Å². The van der Waals surface area contributed by atoms with E-state index in [-0.39, 0.29) is 31.4 Å². The maximum Gasteiger partial charge on any atom is 0.408 e. The average molecular weight is 935 g/mol. The van der Waals surface area contributed by atoms with Gasteiger partial charge in [0.2, 0.25) is 21.8 Å². The molecule has 2 aromatic carbocycles. The van der Waals surface area contributed by atoms with Crippen molar-refractivity contribution in [3.05, 3.63) is 65.0 Å². The van der Waals surface area contributed by atoms with Gasteiger partial charge in [0, 0.05) is 39.9 Å². The number of nitrogens with zero attached hydrogens (tertiary/aromatic N) is 4. The molecule has 15 nitrogen and oxygen atoms in total. The normalized spacial score (nSPS) is 25.3. The minimum atomic E-state index is -4.02. The maximum absolute atomic E-state index is 14.8. The number of aromatic nitrogens is 3. The zero-order valence-electron chi connectivity index (χ0n) is 37.0. The molecule has 2 saturated carbocycles. The van der Waals surface area contributed by atoms with E-state index in [1.165, 1.54) is 16.2 Å². The predicted octanol–water partition coefficient (Wildman–Crippen LogP) is 7.70. The highest BCUT2D eigenvalue weighted by atomic mass is 35.5. The molecule has 0 bridgehead atoms. The number of benzene rings is 2. The fourth-order valence-corrected chi connectivity index (χ4v) is 10.8. The fourth-order valence-electron chi connectivity index (χ4n) is 8.55. The number of halogens is 1. The Morgan fingerprint density at radius 1 is 1.05 bits per heavy atom. The third-order valence-corrected chi connectivity index (χ3v) is 15.8. The lowest BCUT2D eigenvalue weighted by Gasteiger charge is -2.30. The van der Waals surface area contributed by atoms with Gasteiger partial charge in [0.15, 0.2) is 0 Å². The van der Waals surface area contributed by atoms with E-state index in [4.69, 9.17) is 31.0 Å². The number of allylic oxidation sites excluding steroid dienone is 1. The molecule has 8 rings (SSSR count). The molecule has 3 N–H and O–H groups in total. The first-order chi connectivity index (χ1) is 30.3. The lowest BCUT2D eigenvalue weighted by Crippen LogP contribution is -2.58. The van der Waals surface area contributed by atoms with E-state index in [0.717, 1.165) is 40.2 Å². The molecule has 4 aromatic rings. The smallest absolute Gasteiger partial charge is 0.408 e. The summed E-state index contributed by atoms with van der Waals surface area (Å²) in [4.78, 5) is 68.1. The van der Waals surface area contributed by atoms with Crippen LogP contribution in [0.4, 0.5) is 4.79 Å². The van der Waals surface area contributed by atoms with Gasteiger partial charge >= 0.3 is 6.09 Å². The molecular weight excluding hydrogens is 878 g/mol. The monoisotopic (exact) mass is 933 g/mol. The molecule has 2 aliphatic heterocycles. The molecule has 2 aromatic heterocycles. The summed E-state index contributed by atoms with van der Waals surface area (Å²) in [6.45, 7) is 10.8. The average Bonchev–Trinajstić information content (AvgIpc) is 3.90. The first-order valence-corrected chi connectivity index (χ1v) is 24.8. The highest BCUT2D eigenvalue weighted by Crippen LogP contribution is 2.48. The second-order valence-corrected chi connectivity index (χ2v) is 22.5. The van der Waals surface area contributed by atoms with Gasteiger partial charge in [-0.1, -0.05) is 54.8 Å². The molecular formula is C46H56ClN7O8S2. The van der Waals surface area contributed by atoms with Crippen LogP contribution in [-0.4, -0.2) is 92.3 Å². The summed E-state index contributed by atoms with van der Waals surface area (Å²) in [5.41, 5.74) is 1.66. The van der Waals surface area contributed by atoms with Gasteiger partial charge < -0.3 is 25.0 Å². The van der Waals surface area contributed by atoms with Crippen molar-refractivity contribution in [1.82, 2.24) is 34.8 Å². The zero-order valence-corrected chi connectivity index (χ0v) is 39.4. The molecule has 4 aliphatic rings. The van der Waals surface area contributed by atoms with Gasteiger partial charge in [-0.15, -0.1) is 11.3 Å². The number of nitrogens with one attached hydrogen (secondary N) is 3. The SMILES string of the molecule is CC(C)n1c(O[C@@H]2C[C@H]3C(=O)N[C@]4(C(=O)NS(=O)(=O)C5(C)CC5)C[C@H]4/C=C\CCCCC[C@H](NC(=O)OC(C)(C)C)C(=O)N3C2)nc2c(-c3nc(-c4ccc(Cl)cc4)cs3)cccc21. The van der Waals surface area contributed by atoms with Crippen LogP contribution in [0.3, 0.4) is 0 Å². The Hall–Kier alpha value is -5.00. The number of alkyl carbamates (subject to hydrolysis) is 1. The number of fused-ring (bicyclic) bond motifs is 3. The van der Waals surface area contributed by atoms with E-state index >= 15 is 0 Å². The van der Waals surface area contributed by atoms with Crippen LogP contribution in [0.25, 0.3) is 32.9 Å². The fraction of sp³-hybridized carbons (Fsp3) is 0.522. The Kier molecular flexibility index (Phi) is 12.4. The van der Waals surface area contributed by atoms with E-state index in [1.807, 2.05) is 78.4 Å². The summed E-state index contributed by atoms with van der Waals surface area (Å²) >= 11 is 7.63. The molecule has 0 spiro atoms. The number of imidazole rings is 1. The van der Waals surface area contributed by atoms with Crippen molar-refractivity contribution in [1.29, 1.82) is 0 Å². The number of carbonyl (C=O) groups excluding carboxylic acids is 4. The Bertz CT molecular complexity index is 2600. The van der Waals surface area contributed by atoms with Crippen LogP contribution in [0, 0.1) is 5.92 Å². The van der Waals surface area contributed by atoms with E-state index in [0.29, 0.717) is 42.6 Å². The number of amides is 4. The number of rotatable bonds is 9. The largest absolute Gasteiger partial charge is 0.459 e. The Morgan fingerprint density at radius 2 is 1.80 bits per heavy atom. The van der Waals surface area contributed by atoms with Crippen LogP contribution in [0.5, 0.6) is 6.01 Å². The van der Waals surface area contributed by atoms with Crippen LogP contribution in [0.1, 0.15) is 105 Å². The van der Waals surface area contributed by atoms with Crippen LogP contribution < -0.4 is 20.1 Å². The summed E-state index contributed by atoms with van der Waals surface area (Å²) in [6, 6.07) is 11.4. The van der Waals surface area contributed by atoms with E-state index in [1.54, 1.807) is 27.7 Å². The number of sulfonamides is 1. The lowest BCUT2D eigenvalue weighted by atomic mass is 10.0. The first kappa shape index (κ1) is 45.6. The molecule has 0 radical (unpaired) electrons. The second-order valence-electron chi connectivity index (χ2n) is 19.0. The van der Waals surface area contributed by atoms with Gasteiger partial charge in [0.05, 0.1) is 22.5 Å². The van der Waals surface area contributed by atoms with Gasteiger partial charge in [-0.3, -0.25) is 23.7 Å². The lowest BCUT2D eigenvalue weighted by molar-refractivity contribution is -0.141. The summed E-state index contributed by atoms with van der Waals surface area (Å²) in [7, 11) is -4.02. The van der Waals surface area contributed by atoms with E-state index in [9.17, 15) is 27.6 Å². The molecule has 0 unspecified atom stereocenters. The van der Waals surface area contributed by atoms with Crippen molar-refractivity contribution < 1.29 is 37.1 Å². The highest BCUT2D eigenvalue weighted by molar-refractivity contribution is 7.91. The van der Waals surface area contributed by atoms with Gasteiger partial charge in [0.25, 0.3) is 11.9 Å². The number of hydrogen-bond acceptors (Lipinski definition) is 11. The predicted molar refractivity (Wildman–Crippen MR) is 245 cm³/mol. The summed E-state index contributed by atoms with van der Waals surface area (Å²) < 4.78 is 42.1. The second kappa shape index (κ2) is 17.4. The van der Waals surface area contributed by atoms with Crippen LogP contribution in [0.15, 0.2) is 60.0 Å². The molecule has 4 heterocycles. The minimum Gasteiger partial charge on any atom is -0.459 e. The Morgan fingerprint density at radius 3 is 2.50 bits per heavy atom. The summed E-state index contributed by atoms with van der Waals surface area (Å²) in [5.74, 6) is -2.39. The van der Waals surface area contributed by atoms with Crippen molar-refractivity contribution in [3.63, 3.8) is 0 Å². The molecule has 4 amide bonds. The quantitative estimate of drug-likeness (QED) is 0.140. The van der Waals surface area contributed by atoms with Gasteiger partial charge in [0.1, 0.15) is 39.9 Å². The molecule has 1 saturated heterocycles. The van der Waals surface area contributed by atoms with Gasteiger partial charge in [-0.05, 0) is 104 Å². The first-order valence-electron chi connectivity index (χ1n) is 22.0. The Balaban J connectivity index is 1.12. The number of thiazole rings is 1. The van der Waals surface area contributed by atoms with Gasteiger partial charge in [-0.25, -0.2) is 18.2 Å². The molecule has 18 heteroatoms. The number of carbonyl (C=O) groups is 4. The molecule has 5 atom stereocenters. The summed E-state index contributed by atoms with van der Waals surface area (Å²) in [6.07, 6.45) is 6.51. The van der Waals surface area contributed by atoms with Gasteiger partial charge in [-0.2, -0.15) is 4.98 Å². The van der Waals surface area contributed by atoms with Crippen LogP contribution >= 0.6 is 22.9 Å². The Labute approximate surface area is 382 Å². The van der Waals surface area contributed by atoms with E-state index < -0.39 is 73.8 Å². The maximum atomic E-state index is 14.8. The number of hydrogen-bond donors (Lipinski definition) is 3. The van der Waals surface area contributed by atoms with Crippen LogP contribution in [0.2, 0.25) is 5.02 Å². The van der Waals surface area contributed by atoms with Crippen molar-refractivity contribution >= 4 is 67.8 Å². The summed E-state index contributed by atoms with van der Waals surface area (Å²) in [5, 5.41) is 9.09. The molecule has 3 fully saturated rings. The molecule has 2 aliphatic carbocycles. The molecule has 64 heavy (non-hydrogen) atoms. The number of ether oxygens (including phenoxy) is 2. The van der Waals surface area contributed by atoms with Crippen molar-refractivity contribution in [2.75, 3.05) is 6.54 Å². The van der Waals surface area contributed by atoms with Crippen molar-refractivity contribution in [3.8, 4) is 27.8 Å². The third kappa shape index (κ3) is 9.39. The van der Waals surface area contributed by atoms with Crippen LogP contribution in [-0.2, 0) is 29.1 Å². The standard InChI is InChI=1S/C46H56ClN7O8S2/c1-27(2)54-35-16-12-14-32(39-48-34(26-63-39)28-17-19-30(47)20-18-28)37(35)50-42(54)61-31-23-36-38(55)51-46(41(57)52-64(59,60)45(6)21-22-45)24-29(46)13-10-8-7-9-11-15-33(40(56)53(36)25-31)49-43(58)62-44(3,4)5/h10,12-14,16-20,26-27,29,31,33,36H,7-9,11,15,21-25H2,1-6H3,(H,49,58)(H,51,55)(H,52,57)/b13-10-/t29-,31-,33+,36+,46-/m1/s1. The highest BCUT2D eigenvalue weighted by Gasteiger charge is 2.63. The minimum absolute atomic E-state index is 0.0242. The van der Waals surface area contributed by atoms with E-state index in [2.05, 4.69) is 15.4 Å². The third-order valence-electron chi connectivity index (χ3n) is 12.5. The zero-order chi connectivity index (χ0) is 45.8. The van der Waals surface area contributed by atoms with Crippen molar-refractivity contribution in [2.24, 2.45) is 5.92 Å².